The zero-order valence-electron chi connectivity index (χ0n) is 36.0. The third-order valence-electron chi connectivity index (χ3n) is 10.5. The Bertz CT molecular complexity index is 2230. The first-order valence-electron chi connectivity index (χ1n) is 20.4. The molecule has 2 heterocycles. The lowest BCUT2D eigenvalue weighted by Crippen LogP contribution is -2.42. The van der Waals surface area contributed by atoms with Gasteiger partial charge in [-0.05, 0) is 86.8 Å². The van der Waals surface area contributed by atoms with Gasteiger partial charge in [-0.25, -0.2) is 9.46 Å². The number of rotatable bonds is 20. The van der Waals surface area contributed by atoms with E-state index in [0.29, 0.717) is 17.1 Å². The number of aromatic nitrogens is 2. The SMILES string of the molecule is COc1ccc(C(OC[C@H]2O[C@@H](n3ccc(NC(=O)c4ccccc4)nc3=O)[C@H](OP(OCCC#N)N(C(C)C)C(C)C)[C@@H]2OC)(c2ccccc2)c2ccc(OC)cc2)cc1. The second-order valence-electron chi connectivity index (χ2n) is 15.0. The molecule has 1 aliphatic heterocycles. The first kappa shape index (κ1) is 46.0. The number of hydrogen-bond donors (Lipinski definition) is 1. The Hall–Kier alpha value is -5.49. The third-order valence-corrected chi connectivity index (χ3v) is 12.6. The highest BCUT2D eigenvalue weighted by Crippen LogP contribution is 2.51. The Kier molecular flexibility index (Phi) is 16.0. The van der Waals surface area contributed by atoms with E-state index in [9.17, 15) is 14.9 Å². The van der Waals surface area contributed by atoms with Crippen LogP contribution in [0.25, 0.3) is 0 Å². The maximum Gasteiger partial charge on any atom is 0.351 e. The van der Waals surface area contributed by atoms with Gasteiger partial charge in [-0.1, -0.05) is 72.8 Å². The molecule has 1 saturated heterocycles. The lowest BCUT2D eigenvalue weighted by molar-refractivity contribution is -0.0994. The van der Waals surface area contributed by atoms with Crippen molar-refractivity contribution >= 4 is 20.3 Å². The Labute approximate surface area is 364 Å². The average molecular weight is 864 g/mol. The lowest BCUT2D eigenvalue weighted by Gasteiger charge is -2.38. The van der Waals surface area contributed by atoms with E-state index < -0.39 is 50.3 Å². The number of ether oxygens (including phenoxy) is 5. The van der Waals surface area contributed by atoms with Crippen molar-refractivity contribution in [2.75, 3.05) is 39.9 Å². The average Bonchev–Trinajstić information content (AvgIpc) is 3.63. The second kappa shape index (κ2) is 21.5. The number of nitrogens with zero attached hydrogens (tertiary/aromatic N) is 4. The summed E-state index contributed by atoms with van der Waals surface area (Å²) in [5.41, 5.74) is 1.01. The molecular formula is C47H54N5O9P. The van der Waals surface area contributed by atoms with Crippen LogP contribution < -0.4 is 20.5 Å². The van der Waals surface area contributed by atoms with Crippen LogP contribution in [0.2, 0.25) is 0 Å². The molecule has 0 bridgehead atoms. The van der Waals surface area contributed by atoms with Crippen molar-refractivity contribution in [3.63, 3.8) is 0 Å². The normalized spacial score (nSPS) is 18.1. The molecule has 6 rings (SSSR count). The van der Waals surface area contributed by atoms with Crippen LogP contribution in [0.5, 0.6) is 11.5 Å². The van der Waals surface area contributed by atoms with Gasteiger partial charge in [0.05, 0.1) is 39.9 Å². The fourth-order valence-electron chi connectivity index (χ4n) is 7.60. The van der Waals surface area contributed by atoms with Gasteiger partial charge >= 0.3 is 5.69 Å². The molecule has 1 aliphatic rings. The number of hydrogen-bond acceptors (Lipinski definition) is 12. The fraction of sp³-hybridized carbons (Fsp3) is 0.362. The fourth-order valence-corrected chi connectivity index (χ4v) is 9.33. The van der Waals surface area contributed by atoms with Crippen molar-refractivity contribution in [1.82, 2.24) is 14.2 Å². The number of methoxy groups -OCH3 is 3. The molecule has 14 nitrogen and oxygen atoms in total. The Morgan fingerprint density at radius 1 is 0.839 bits per heavy atom. The number of carbonyl (C=O) groups excluding carboxylic acids is 1. The monoisotopic (exact) mass is 863 g/mol. The number of amides is 1. The quantitative estimate of drug-likeness (QED) is 0.0457. The van der Waals surface area contributed by atoms with Gasteiger partial charge in [0.2, 0.25) is 0 Å². The summed E-state index contributed by atoms with van der Waals surface area (Å²) in [6.07, 6.45) is -2.00. The second-order valence-corrected chi connectivity index (χ2v) is 16.4. The Morgan fingerprint density at radius 3 is 1.92 bits per heavy atom. The highest BCUT2D eigenvalue weighted by atomic mass is 31.2. The van der Waals surface area contributed by atoms with Gasteiger partial charge in [-0.3, -0.25) is 9.36 Å². The van der Waals surface area contributed by atoms with Crippen molar-refractivity contribution in [3.8, 4) is 17.6 Å². The van der Waals surface area contributed by atoms with Crippen LogP contribution in [0, 0.1) is 11.3 Å². The van der Waals surface area contributed by atoms with E-state index in [0.717, 1.165) is 16.7 Å². The highest BCUT2D eigenvalue weighted by Gasteiger charge is 2.51. The molecule has 326 valence electrons. The minimum absolute atomic E-state index is 0.0125. The van der Waals surface area contributed by atoms with E-state index in [1.54, 1.807) is 45.6 Å². The molecule has 62 heavy (non-hydrogen) atoms. The molecule has 1 aromatic heterocycles. The first-order valence-corrected chi connectivity index (χ1v) is 21.5. The zero-order chi connectivity index (χ0) is 44.2. The van der Waals surface area contributed by atoms with Crippen molar-refractivity contribution in [2.45, 2.75) is 76.3 Å². The van der Waals surface area contributed by atoms with E-state index in [4.69, 9.17) is 32.7 Å². The highest BCUT2D eigenvalue weighted by molar-refractivity contribution is 7.44. The minimum atomic E-state index is -1.83. The Balaban J connectivity index is 1.43. The van der Waals surface area contributed by atoms with Gasteiger partial charge in [-0.2, -0.15) is 10.2 Å². The number of nitrogens with one attached hydrogen (secondary N) is 1. The smallest absolute Gasteiger partial charge is 0.351 e. The largest absolute Gasteiger partial charge is 0.497 e. The number of nitriles is 1. The molecule has 5 atom stereocenters. The van der Waals surface area contributed by atoms with E-state index in [-0.39, 0.29) is 37.5 Å². The van der Waals surface area contributed by atoms with Crippen LogP contribution in [0.15, 0.2) is 126 Å². The topological polar surface area (TPSA) is 156 Å². The summed E-state index contributed by atoms with van der Waals surface area (Å²) < 4.78 is 48.1. The van der Waals surface area contributed by atoms with Gasteiger partial charge in [0, 0.05) is 31.0 Å². The summed E-state index contributed by atoms with van der Waals surface area (Å²) >= 11 is 0. The number of carbonyl (C=O) groups is 1. The van der Waals surface area contributed by atoms with E-state index >= 15 is 0 Å². The van der Waals surface area contributed by atoms with Crippen LogP contribution >= 0.6 is 8.53 Å². The molecule has 1 N–H and O–H groups in total. The van der Waals surface area contributed by atoms with Gasteiger partial charge in [0.25, 0.3) is 14.4 Å². The van der Waals surface area contributed by atoms with Crippen LogP contribution in [0.3, 0.4) is 0 Å². The predicted molar refractivity (Wildman–Crippen MR) is 236 cm³/mol. The van der Waals surface area contributed by atoms with Gasteiger partial charge < -0.3 is 38.0 Å². The van der Waals surface area contributed by atoms with E-state index in [1.165, 1.54) is 16.8 Å². The van der Waals surface area contributed by atoms with Crippen LogP contribution in [0.4, 0.5) is 5.82 Å². The molecule has 4 aromatic carbocycles. The summed E-state index contributed by atoms with van der Waals surface area (Å²) in [6, 6.07) is 37.6. The summed E-state index contributed by atoms with van der Waals surface area (Å²) in [4.78, 5) is 31.2. The number of anilines is 1. The van der Waals surface area contributed by atoms with Crippen molar-refractivity contribution in [3.05, 3.63) is 154 Å². The Morgan fingerprint density at radius 2 is 1.40 bits per heavy atom. The molecule has 1 unspecified atom stereocenters. The maximum atomic E-state index is 14.0. The molecule has 1 fully saturated rings. The minimum Gasteiger partial charge on any atom is -0.497 e. The molecule has 0 aliphatic carbocycles. The van der Waals surface area contributed by atoms with Crippen molar-refractivity contribution in [2.24, 2.45) is 0 Å². The summed E-state index contributed by atoms with van der Waals surface area (Å²) in [5, 5.41) is 12.1. The van der Waals surface area contributed by atoms with Crippen LogP contribution in [0.1, 0.15) is 67.4 Å². The van der Waals surface area contributed by atoms with Gasteiger partial charge in [-0.15, -0.1) is 0 Å². The predicted octanol–water partition coefficient (Wildman–Crippen LogP) is 8.10. The summed E-state index contributed by atoms with van der Waals surface area (Å²) in [6.45, 7) is 8.24. The standard InChI is InChI=1S/C47H54N5O9P/c1-32(2)52(33(3)4)62(59-30-14-28-48)61-43-42(57-7)40(60-45(43)51-29-27-41(50-46(51)54)49-44(53)34-15-10-8-11-16-34)31-58-47(35-17-12-9-13-18-35,36-19-23-38(55-5)24-20-36)37-21-25-39(56-6)26-22-37/h8-13,15-27,29,32-33,40,42-43,45H,14,30-31H2,1-7H3,(H,49,50,53,54)/t40-,42-,43-,45-,62?/m1/s1. The maximum absolute atomic E-state index is 14.0. The summed E-state index contributed by atoms with van der Waals surface area (Å²) in [5.74, 6) is 1.02. The zero-order valence-corrected chi connectivity index (χ0v) is 36.9. The van der Waals surface area contributed by atoms with Gasteiger partial charge in [0.1, 0.15) is 41.2 Å². The molecule has 0 spiro atoms. The van der Waals surface area contributed by atoms with E-state index in [1.807, 2.05) is 113 Å². The number of benzene rings is 4. The molecular weight excluding hydrogens is 810 g/mol. The molecule has 15 heteroatoms. The summed E-state index contributed by atoms with van der Waals surface area (Å²) in [7, 11) is 2.96. The molecule has 0 saturated carbocycles. The van der Waals surface area contributed by atoms with Crippen LogP contribution in [-0.4, -0.2) is 85.1 Å². The lowest BCUT2D eigenvalue weighted by atomic mass is 9.80. The molecule has 5 aromatic rings. The third kappa shape index (κ3) is 10.4. The first-order chi connectivity index (χ1) is 30.0. The molecule has 0 radical (unpaired) electrons. The van der Waals surface area contributed by atoms with Crippen molar-refractivity contribution in [1.29, 1.82) is 5.26 Å². The molecule has 1 amide bonds. The van der Waals surface area contributed by atoms with Gasteiger partial charge in [0.15, 0.2) is 6.23 Å². The van der Waals surface area contributed by atoms with E-state index in [2.05, 4.69) is 21.0 Å². The van der Waals surface area contributed by atoms with Crippen LogP contribution in [-0.2, 0) is 28.9 Å². The van der Waals surface area contributed by atoms with Crippen molar-refractivity contribution < 1.29 is 37.5 Å².